The maximum Gasteiger partial charge on any atom is 0.183 e. The molecule has 0 amide bonds. The SMILES string of the molecule is C.CC(C)C1c2ccccc2N(C)c2ccccc21.CN1c2ccccc2C(C)(C)c2cc3c(cc21)c1ccccc1n3-c1ccccc1.CN1c2ccccc2[Si](c2ccccc2)(c2ccccc2)c2ccccc21. The fourth-order valence-electron chi connectivity index (χ4n) is 12.9. The highest BCUT2D eigenvalue weighted by atomic mass is 28.3. The molecule has 0 saturated heterocycles. The molecule has 0 unspecified atom stereocenters. The number of nitrogens with zero attached hydrogens (tertiary/aromatic N) is 4. The number of rotatable bonds is 4. The third-order valence-corrected chi connectivity index (χ3v) is 21.3. The summed E-state index contributed by atoms with van der Waals surface area (Å²) in [6.45, 7) is 9.31. The Morgan fingerprint density at radius 3 is 1.36 bits per heavy atom. The second-order valence-electron chi connectivity index (χ2n) is 21.2. The molecule has 3 aliphatic rings. The first-order valence-corrected chi connectivity index (χ1v) is 28.5. The van der Waals surface area contributed by atoms with E-state index in [2.05, 4.69) is 317 Å². The van der Waals surface area contributed by atoms with Crippen molar-refractivity contribution in [2.75, 3.05) is 35.8 Å². The molecule has 376 valence electrons. The number of benzene rings is 10. The zero-order valence-electron chi connectivity index (χ0n) is 44.1. The van der Waals surface area contributed by atoms with Gasteiger partial charge in [-0.3, -0.25) is 0 Å². The van der Waals surface area contributed by atoms with Crippen LogP contribution in [0.5, 0.6) is 0 Å². The van der Waals surface area contributed by atoms with E-state index in [1.807, 2.05) is 0 Å². The highest BCUT2D eigenvalue weighted by Crippen LogP contribution is 2.51. The summed E-state index contributed by atoms with van der Waals surface area (Å²) in [5.74, 6) is 1.12. The number of fused-ring (bicyclic) bond motifs is 9. The molecule has 5 heteroatoms. The molecule has 0 spiro atoms. The van der Waals surface area contributed by atoms with Gasteiger partial charge in [0, 0.05) is 83.1 Å². The van der Waals surface area contributed by atoms with Gasteiger partial charge in [-0.2, -0.15) is 0 Å². The van der Waals surface area contributed by atoms with Crippen LogP contribution in [0.1, 0.15) is 63.3 Å². The van der Waals surface area contributed by atoms with Crippen LogP contribution < -0.4 is 35.4 Å². The van der Waals surface area contributed by atoms with Crippen LogP contribution in [0.4, 0.5) is 34.1 Å². The van der Waals surface area contributed by atoms with Gasteiger partial charge >= 0.3 is 0 Å². The third kappa shape index (κ3) is 7.95. The Morgan fingerprint density at radius 1 is 0.382 bits per heavy atom. The molecule has 0 aliphatic carbocycles. The molecule has 0 fully saturated rings. The van der Waals surface area contributed by atoms with Gasteiger partial charge in [0.15, 0.2) is 8.07 Å². The molecule has 4 nitrogen and oxygen atoms in total. The van der Waals surface area contributed by atoms with Gasteiger partial charge in [-0.1, -0.05) is 223 Å². The predicted octanol–water partition coefficient (Wildman–Crippen LogP) is 15.5. The lowest BCUT2D eigenvalue weighted by Crippen LogP contribution is -2.77. The average Bonchev–Trinajstić information content (AvgIpc) is 3.97. The number of hydrogen-bond donors (Lipinski definition) is 0. The zero-order chi connectivity index (χ0) is 51.4. The van der Waals surface area contributed by atoms with Crippen molar-refractivity contribution < 1.29 is 0 Å². The van der Waals surface area contributed by atoms with E-state index in [9.17, 15) is 0 Å². The molecule has 1 aromatic heterocycles. The molecule has 76 heavy (non-hydrogen) atoms. The number of hydrogen-bond acceptors (Lipinski definition) is 3. The molecular weight excluding hydrogens is 937 g/mol. The van der Waals surface area contributed by atoms with E-state index in [0.717, 1.165) is 0 Å². The second-order valence-corrected chi connectivity index (χ2v) is 25.0. The zero-order valence-corrected chi connectivity index (χ0v) is 45.1. The van der Waals surface area contributed by atoms with Gasteiger partial charge in [0.1, 0.15) is 0 Å². The van der Waals surface area contributed by atoms with Gasteiger partial charge in [0.05, 0.1) is 11.0 Å². The van der Waals surface area contributed by atoms with Gasteiger partial charge in [0.25, 0.3) is 0 Å². The van der Waals surface area contributed by atoms with Crippen LogP contribution in [-0.4, -0.2) is 33.8 Å². The lowest BCUT2D eigenvalue weighted by atomic mass is 9.73. The van der Waals surface area contributed by atoms with Crippen LogP contribution in [-0.2, 0) is 5.41 Å². The minimum absolute atomic E-state index is 0. The summed E-state index contributed by atoms with van der Waals surface area (Å²) in [5.41, 5.74) is 17.2. The topological polar surface area (TPSA) is 14.7 Å². The third-order valence-electron chi connectivity index (χ3n) is 16.5. The molecule has 0 N–H and O–H groups in total. The molecule has 0 saturated carbocycles. The van der Waals surface area contributed by atoms with Crippen molar-refractivity contribution in [3.8, 4) is 5.69 Å². The second kappa shape index (κ2) is 20.0. The Bertz CT molecular complexity index is 3720. The summed E-state index contributed by atoms with van der Waals surface area (Å²) >= 11 is 0. The molecule has 11 aromatic rings. The van der Waals surface area contributed by atoms with Gasteiger partial charge < -0.3 is 19.3 Å². The quantitative estimate of drug-likeness (QED) is 0.163. The fraction of sp³-hybridized carbons (Fsp3) is 0.155. The van der Waals surface area contributed by atoms with E-state index in [4.69, 9.17) is 0 Å². The van der Waals surface area contributed by atoms with Gasteiger partial charge in [-0.05, 0) is 110 Å². The van der Waals surface area contributed by atoms with Crippen molar-refractivity contribution in [1.29, 1.82) is 0 Å². The van der Waals surface area contributed by atoms with E-state index in [-0.39, 0.29) is 12.8 Å². The largest absolute Gasteiger partial charge is 0.345 e. The molecule has 4 heterocycles. The normalized spacial score (nSPS) is 14.3. The fourth-order valence-corrected chi connectivity index (χ4v) is 18.2. The smallest absolute Gasteiger partial charge is 0.183 e. The van der Waals surface area contributed by atoms with Crippen molar-refractivity contribution in [3.05, 3.63) is 271 Å². The van der Waals surface area contributed by atoms with E-state index in [0.29, 0.717) is 11.8 Å². The summed E-state index contributed by atoms with van der Waals surface area (Å²) in [6.07, 6.45) is 0. The maximum absolute atomic E-state index is 2.42. The maximum atomic E-state index is 2.42. The van der Waals surface area contributed by atoms with Gasteiger partial charge in [0.2, 0.25) is 0 Å². The first kappa shape index (κ1) is 49.8. The molecule has 10 aromatic carbocycles. The van der Waals surface area contributed by atoms with Crippen LogP contribution in [0.25, 0.3) is 27.5 Å². The first-order valence-electron chi connectivity index (χ1n) is 26.5. The Labute approximate surface area is 451 Å². The lowest BCUT2D eigenvalue weighted by Gasteiger charge is -2.43. The molecular formula is C71H68N4Si. The van der Waals surface area contributed by atoms with Crippen molar-refractivity contribution in [3.63, 3.8) is 0 Å². The van der Waals surface area contributed by atoms with E-state index >= 15 is 0 Å². The van der Waals surface area contributed by atoms with Crippen LogP contribution in [0.15, 0.2) is 249 Å². The first-order chi connectivity index (χ1) is 36.6. The minimum Gasteiger partial charge on any atom is -0.345 e. The molecule has 14 rings (SSSR count). The van der Waals surface area contributed by atoms with Gasteiger partial charge in [-0.25, -0.2) is 0 Å². The van der Waals surface area contributed by atoms with E-state index in [1.165, 1.54) is 105 Å². The van der Waals surface area contributed by atoms with Crippen LogP contribution in [0, 0.1) is 5.92 Å². The summed E-state index contributed by atoms with van der Waals surface area (Å²) in [4.78, 5) is 7.01. The number of aromatic nitrogens is 1. The Kier molecular flexibility index (Phi) is 13.1. The summed E-state index contributed by atoms with van der Waals surface area (Å²) in [7, 11) is 4.18. The Morgan fingerprint density at radius 2 is 0.803 bits per heavy atom. The van der Waals surface area contributed by atoms with Crippen LogP contribution >= 0.6 is 0 Å². The molecule has 0 radical (unpaired) electrons. The molecule has 0 atom stereocenters. The number of para-hydroxylation sites is 7. The van der Waals surface area contributed by atoms with Crippen LogP contribution in [0.3, 0.4) is 0 Å². The molecule has 3 aliphatic heterocycles. The summed E-state index contributed by atoms with van der Waals surface area (Å²) in [6, 6.07) is 90.7. The average molecular weight is 1010 g/mol. The van der Waals surface area contributed by atoms with Crippen LogP contribution in [0.2, 0.25) is 0 Å². The Balaban J connectivity index is 0.000000125. The highest BCUT2D eigenvalue weighted by molar-refractivity contribution is 7.21. The number of anilines is 6. The summed E-state index contributed by atoms with van der Waals surface area (Å²) in [5, 5.41) is 8.39. The lowest BCUT2D eigenvalue weighted by molar-refractivity contribution is 0.559. The van der Waals surface area contributed by atoms with E-state index < -0.39 is 8.07 Å². The van der Waals surface area contributed by atoms with Crippen molar-refractivity contribution in [2.24, 2.45) is 5.92 Å². The monoisotopic (exact) mass is 1000 g/mol. The van der Waals surface area contributed by atoms with E-state index in [1.54, 1.807) is 0 Å². The van der Waals surface area contributed by atoms with Crippen molar-refractivity contribution in [2.45, 2.75) is 46.5 Å². The summed E-state index contributed by atoms with van der Waals surface area (Å²) < 4.78 is 2.40. The minimum atomic E-state index is -2.36. The van der Waals surface area contributed by atoms with Crippen molar-refractivity contribution in [1.82, 2.24) is 4.57 Å². The van der Waals surface area contributed by atoms with Gasteiger partial charge in [-0.15, -0.1) is 0 Å². The van der Waals surface area contributed by atoms with Crippen molar-refractivity contribution >= 4 is 84.8 Å². The Hall–Kier alpha value is -8.38. The standard InChI is InChI=1S/C28H24N2.C25H21NSi.C17H19N.CH4/c1-28(2)22-14-8-10-16-25(22)29(3)27-17-21-20-13-7-9-15-24(20)30(26(21)18-23(27)28)19-11-5-4-6-12-19;1-26-22-16-8-10-18-24(22)27(20-12-4-2-5-13-20,21-14-6-3-7-15-21)25-19-11-9-17-23(25)26;1-12(2)17-13-8-4-6-10-15(13)18(3)16-11-7-5-9-14(16)17;/h4-18H,1-3H3;2-19H,1H3;4-12,17H,1-3H3;1H4. The molecule has 0 bridgehead atoms. The highest BCUT2D eigenvalue weighted by Gasteiger charge is 2.47. The predicted molar refractivity (Wildman–Crippen MR) is 330 cm³/mol.